The summed E-state index contributed by atoms with van der Waals surface area (Å²) in [5, 5.41) is 0.817. The van der Waals surface area contributed by atoms with E-state index in [1.54, 1.807) is 12.1 Å². The van der Waals surface area contributed by atoms with Crippen molar-refractivity contribution in [2.24, 2.45) is 5.73 Å². The molecule has 0 saturated carbocycles. The summed E-state index contributed by atoms with van der Waals surface area (Å²) in [5.74, 6) is 0. The minimum Gasteiger partial charge on any atom is -0.316 e. The van der Waals surface area contributed by atoms with Crippen molar-refractivity contribution in [3.63, 3.8) is 0 Å². The summed E-state index contributed by atoms with van der Waals surface area (Å²) in [5.41, 5.74) is 5.29. The van der Waals surface area contributed by atoms with E-state index < -0.39 is 12.2 Å². The Labute approximate surface area is 100 Å². The zero-order chi connectivity index (χ0) is 12.6. The number of halogens is 4. The fourth-order valence-electron chi connectivity index (χ4n) is 1.59. The molecule has 0 aliphatic rings. The Morgan fingerprint density at radius 1 is 1.24 bits per heavy atom. The van der Waals surface area contributed by atoms with Crippen LogP contribution in [0.4, 0.5) is 13.2 Å². The quantitative estimate of drug-likeness (QED) is 0.853. The Hall–Kier alpha value is -1.33. The molecule has 0 saturated heterocycles. The maximum atomic E-state index is 12.6. The van der Waals surface area contributed by atoms with Crippen LogP contribution in [0.25, 0.3) is 10.9 Å². The van der Waals surface area contributed by atoms with E-state index in [4.69, 9.17) is 17.3 Å². The molecule has 1 heterocycles. The summed E-state index contributed by atoms with van der Waals surface area (Å²) in [6, 6.07) is 3.81. The molecule has 0 bridgehead atoms. The zero-order valence-corrected chi connectivity index (χ0v) is 9.26. The molecule has 1 atom stereocenters. The average Bonchev–Trinajstić information content (AvgIpc) is 2.28. The van der Waals surface area contributed by atoms with Crippen molar-refractivity contribution in [1.29, 1.82) is 0 Å². The van der Waals surface area contributed by atoms with Gasteiger partial charge in [0.1, 0.15) is 6.04 Å². The fourth-order valence-corrected chi connectivity index (χ4v) is 1.80. The van der Waals surface area contributed by atoms with Gasteiger partial charge in [-0.05, 0) is 18.2 Å². The molecule has 1 aromatic carbocycles. The van der Waals surface area contributed by atoms with Crippen LogP contribution < -0.4 is 5.73 Å². The molecule has 2 aromatic rings. The van der Waals surface area contributed by atoms with Gasteiger partial charge in [0.05, 0.1) is 5.52 Å². The maximum absolute atomic E-state index is 12.6. The number of nitrogens with zero attached hydrogens (tertiary/aromatic N) is 1. The SMILES string of the molecule is NC(c1ccc(Cl)c2cccnc12)C(F)(F)F. The smallest absolute Gasteiger partial charge is 0.316 e. The van der Waals surface area contributed by atoms with Crippen LogP contribution in [0.3, 0.4) is 0 Å². The molecule has 0 amide bonds. The van der Waals surface area contributed by atoms with Crippen LogP contribution in [0.2, 0.25) is 5.02 Å². The van der Waals surface area contributed by atoms with Crippen LogP contribution in [0.15, 0.2) is 30.5 Å². The lowest BCUT2D eigenvalue weighted by atomic mass is 10.0. The van der Waals surface area contributed by atoms with Crippen molar-refractivity contribution in [2.75, 3.05) is 0 Å². The zero-order valence-electron chi connectivity index (χ0n) is 8.50. The molecule has 1 aromatic heterocycles. The maximum Gasteiger partial charge on any atom is 0.407 e. The molecule has 0 aliphatic heterocycles. The molecule has 90 valence electrons. The third-order valence-electron chi connectivity index (χ3n) is 2.44. The number of fused-ring (bicyclic) bond motifs is 1. The second kappa shape index (κ2) is 4.16. The highest BCUT2D eigenvalue weighted by molar-refractivity contribution is 6.35. The highest BCUT2D eigenvalue weighted by Crippen LogP contribution is 2.35. The third kappa shape index (κ3) is 2.21. The first kappa shape index (κ1) is 12.1. The van der Waals surface area contributed by atoms with Gasteiger partial charge in [-0.1, -0.05) is 17.7 Å². The molecular formula is C11H8ClF3N2. The Morgan fingerprint density at radius 3 is 2.59 bits per heavy atom. The van der Waals surface area contributed by atoms with E-state index in [1.165, 1.54) is 18.3 Å². The highest BCUT2D eigenvalue weighted by atomic mass is 35.5. The highest BCUT2D eigenvalue weighted by Gasteiger charge is 2.39. The molecule has 0 aliphatic carbocycles. The van der Waals surface area contributed by atoms with Gasteiger partial charge in [0.15, 0.2) is 0 Å². The van der Waals surface area contributed by atoms with E-state index in [1.807, 2.05) is 0 Å². The van der Waals surface area contributed by atoms with E-state index in [9.17, 15) is 13.2 Å². The predicted octanol–water partition coefficient (Wildman–Crippen LogP) is 3.45. The van der Waals surface area contributed by atoms with E-state index in [0.29, 0.717) is 10.4 Å². The summed E-state index contributed by atoms with van der Waals surface area (Å²) in [6.45, 7) is 0. The Bertz CT molecular complexity index is 554. The van der Waals surface area contributed by atoms with Crippen molar-refractivity contribution in [1.82, 2.24) is 4.98 Å². The van der Waals surface area contributed by atoms with Crippen LogP contribution in [0.1, 0.15) is 11.6 Å². The minimum absolute atomic E-state index is 0.0718. The third-order valence-corrected chi connectivity index (χ3v) is 2.76. The first-order valence-corrected chi connectivity index (χ1v) is 5.14. The molecule has 0 fully saturated rings. The van der Waals surface area contributed by atoms with Crippen LogP contribution in [0.5, 0.6) is 0 Å². The van der Waals surface area contributed by atoms with Gasteiger partial charge in [0.2, 0.25) is 0 Å². The van der Waals surface area contributed by atoms with Crippen molar-refractivity contribution in [2.45, 2.75) is 12.2 Å². The molecule has 2 N–H and O–H groups in total. The van der Waals surface area contributed by atoms with E-state index >= 15 is 0 Å². The van der Waals surface area contributed by atoms with Crippen LogP contribution in [-0.4, -0.2) is 11.2 Å². The standard InChI is InChI=1S/C11H8ClF3N2/c12-8-4-3-7(10(16)11(13,14)15)9-6(8)2-1-5-17-9/h1-5,10H,16H2. The Morgan fingerprint density at radius 2 is 1.94 bits per heavy atom. The number of alkyl halides is 3. The van der Waals surface area contributed by atoms with Gasteiger partial charge in [0, 0.05) is 22.2 Å². The summed E-state index contributed by atoms with van der Waals surface area (Å²) >= 11 is 5.89. The number of nitrogens with two attached hydrogens (primary N) is 1. The molecule has 6 heteroatoms. The lowest BCUT2D eigenvalue weighted by Gasteiger charge is -2.17. The average molecular weight is 261 g/mol. The van der Waals surface area contributed by atoms with Crippen LogP contribution in [-0.2, 0) is 0 Å². The van der Waals surface area contributed by atoms with E-state index in [0.717, 1.165) is 0 Å². The molecule has 0 spiro atoms. The number of benzene rings is 1. The lowest BCUT2D eigenvalue weighted by Crippen LogP contribution is -2.28. The monoisotopic (exact) mass is 260 g/mol. The van der Waals surface area contributed by atoms with Crippen molar-refractivity contribution < 1.29 is 13.2 Å². The van der Waals surface area contributed by atoms with Gasteiger partial charge in [-0.15, -0.1) is 0 Å². The summed E-state index contributed by atoms with van der Waals surface area (Å²) in [6.07, 6.45) is -3.09. The first-order chi connectivity index (χ1) is 7.91. The van der Waals surface area contributed by atoms with Gasteiger partial charge in [-0.25, -0.2) is 0 Å². The van der Waals surface area contributed by atoms with Gasteiger partial charge in [0.25, 0.3) is 0 Å². The van der Waals surface area contributed by atoms with E-state index in [2.05, 4.69) is 4.98 Å². The number of hydrogen-bond donors (Lipinski definition) is 1. The van der Waals surface area contributed by atoms with E-state index in [-0.39, 0.29) is 11.1 Å². The second-order valence-corrected chi connectivity index (χ2v) is 3.96. The molecule has 1 unspecified atom stereocenters. The molecule has 0 radical (unpaired) electrons. The van der Waals surface area contributed by atoms with Gasteiger partial charge >= 0.3 is 6.18 Å². The topological polar surface area (TPSA) is 38.9 Å². The first-order valence-electron chi connectivity index (χ1n) is 4.76. The number of pyridine rings is 1. The predicted molar refractivity (Wildman–Crippen MR) is 59.7 cm³/mol. The van der Waals surface area contributed by atoms with Crippen molar-refractivity contribution in [3.8, 4) is 0 Å². The van der Waals surface area contributed by atoms with Gasteiger partial charge < -0.3 is 5.73 Å². The van der Waals surface area contributed by atoms with Crippen LogP contribution >= 0.6 is 11.6 Å². The lowest BCUT2D eigenvalue weighted by molar-refractivity contribution is -0.148. The molecule has 17 heavy (non-hydrogen) atoms. The van der Waals surface area contributed by atoms with Crippen LogP contribution in [0, 0.1) is 0 Å². The number of rotatable bonds is 1. The minimum atomic E-state index is -4.50. The fraction of sp³-hybridized carbons (Fsp3) is 0.182. The summed E-state index contributed by atoms with van der Waals surface area (Å²) in [4.78, 5) is 3.91. The summed E-state index contributed by atoms with van der Waals surface area (Å²) in [7, 11) is 0. The Kier molecular flexibility index (Phi) is 2.97. The van der Waals surface area contributed by atoms with Gasteiger partial charge in [-0.3, -0.25) is 4.98 Å². The summed E-state index contributed by atoms with van der Waals surface area (Å²) < 4.78 is 37.7. The van der Waals surface area contributed by atoms with Crippen molar-refractivity contribution >= 4 is 22.5 Å². The largest absolute Gasteiger partial charge is 0.407 e. The molecule has 2 nitrogen and oxygen atoms in total. The number of aromatic nitrogens is 1. The van der Waals surface area contributed by atoms with Crippen molar-refractivity contribution in [3.05, 3.63) is 41.0 Å². The second-order valence-electron chi connectivity index (χ2n) is 3.56. The Balaban J connectivity index is 2.67. The molecule has 2 rings (SSSR count). The number of hydrogen-bond acceptors (Lipinski definition) is 2. The van der Waals surface area contributed by atoms with Gasteiger partial charge in [-0.2, -0.15) is 13.2 Å². The molecular weight excluding hydrogens is 253 g/mol. The normalized spacial score (nSPS) is 13.9.